The summed E-state index contributed by atoms with van der Waals surface area (Å²) in [6.07, 6.45) is 1.93. The highest BCUT2D eigenvalue weighted by atomic mass is 127. The van der Waals surface area contributed by atoms with Crippen LogP contribution in [0.5, 0.6) is 17.2 Å². The molecule has 0 spiro atoms. The maximum absolute atomic E-state index is 6.14. The van der Waals surface area contributed by atoms with Crippen molar-refractivity contribution in [1.82, 2.24) is 10.6 Å². The number of fused-ring (bicyclic) bond motifs is 1. The van der Waals surface area contributed by atoms with Gasteiger partial charge >= 0.3 is 0 Å². The Labute approximate surface area is 206 Å². The molecule has 2 aliphatic rings. The number of halogens is 1. The predicted molar refractivity (Wildman–Crippen MR) is 135 cm³/mol. The maximum atomic E-state index is 6.14. The molecule has 0 bridgehead atoms. The van der Waals surface area contributed by atoms with E-state index in [1.165, 1.54) is 11.1 Å². The van der Waals surface area contributed by atoms with Crippen LogP contribution in [0, 0.1) is 12.8 Å². The van der Waals surface area contributed by atoms with Crippen molar-refractivity contribution < 1.29 is 18.9 Å². The van der Waals surface area contributed by atoms with Crippen molar-refractivity contribution in [2.24, 2.45) is 10.9 Å². The molecular formula is C24H32IN3O4. The molecule has 2 aliphatic heterocycles. The number of aliphatic imine (C=N–C) groups is 1. The van der Waals surface area contributed by atoms with Gasteiger partial charge in [-0.15, -0.1) is 24.0 Å². The molecule has 7 nitrogen and oxygen atoms in total. The fourth-order valence-corrected chi connectivity index (χ4v) is 3.69. The molecule has 1 saturated heterocycles. The van der Waals surface area contributed by atoms with Gasteiger partial charge in [0.05, 0.1) is 13.2 Å². The van der Waals surface area contributed by atoms with Gasteiger partial charge in [-0.1, -0.05) is 18.2 Å². The molecule has 2 N–H and O–H groups in total. The van der Waals surface area contributed by atoms with E-state index in [1.807, 2.05) is 12.1 Å². The normalized spacial score (nSPS) is 17.1. The van der Waals surface area contributed by atoms with Gasteiger partial charge in [0.15, 0.2) is 17.5 Å². The third-order valence-electron chi connectivity index (χ3n) is 5.53. The van der Waals surface area contributed by atoms with Crippen molar-refractivity contribution in [3.63, 3.8) is 0 Å². The number of guanidine groups is 1. The zero-order valence-corrected chi connectivity index (χ0v) is 21.0. The summed E-state index contributed by atoms with van der Waals surface area (Å²) >= 11 is 0. The molecule has 0 saturated carbocycles. The van der Waals surface area contributed by atoms with Gasteiger partial charge in [-0.2, -0.15) is 0 Å². The van der Waals surface area contributed by atoms with Gasteiger partial charge in [0.1, 0.15) is 5.75 Å². The third kappa shape index (κ3) is 6.65. The summed E-state index contributed by atoms with van der Waals surface area (Å²) in [4.78, 5) is 4.34. The van der Waals surface area contributed by atoms with Gasteiger partial charge in [-0.25, -0.2) is 0 Å². The summed E-state index contributed by atoms with van der Waals surface area (Å²) in [5.41, 5.74) is 3.49. The highest BCUT2D eigenvalue weighted by Crippen LogP contribution is 2.32. The summed E-state index contributed by atoms with van der Waals surface area (Å²) in [6.45, 7) is 6.10. The molecule has 32 heavy (non-hydrogen) atoms. The number of hydrogen-bond donors (Lipinski definition) is 2. The number of benzene rings is 2. The second-order valence-corrected chi connectivity index (χ2v) is 7.94. The van der Waals surface area contributed by atoms with Gasteiger partial charge in [0.2, 0.25) is 6.79 Å². The molecule has 2 aromatic carbocycles. The quantitative estimate of drug-likeness (QED) is 0.296. The Balaban J connectivity index is 0.00000289. The van der Waals surface area contributed by atoms with Crippen molar-refractivity contribution in [3.8, 4) is 17.2 Å². The van der Waals surface area contributed by atoms with Crippen LogP contribution < -0.4 is 24.8 Å². The zero-order valence-electron chi connectivity index (χ0n) is 18.7. The molecular weight excluding hydrogens is 521 g/mol. The number of hydrogen-bond acceptors (Lipinski definition) is 5. The van der Waals surface area contributed by atoms with Crippen molar-refractivity contribution in [3.05, 3.63) is 53.1 Å². The van der Waals surface area contributed by atoms with E-state index < -0.39 is 0 Å². The van der Waals surface area contributed by atoms with Crippen LogP contribution in [0.3, 0.4) is 0 Å². The minimum atomic E-state index is 0. The Morgan fingerprint density at radius 3 is 2.81 bits per heavy atom. The van der Waals surface area contributed by atoms with Crippen molar-refractivity contribution in [1.29, 1.82) is 0 Å². The molecule has 2 heterocycles. The lowest BCUT2D eigenvalue weighted by Crippen LogP contribution is -2.38. The highest BCUT2D eigenvalue weighted by Gasteiger charge is 2.17. The van der Waals surface area contributed by atoms with Crippen molar-refractivity contribution >= 4 is 29.9 Å². The monoisotopic (exact) mass is 553 g/mol. The van der Waals surface area contributed by atoms with E-state index in [1.54, 1.807) is 7.05 Å². The number of nitrogens with one attached hydrogen (secondary N) is 2. The largest absolute Gasteiger partial charge is 0.493 e. The average molecular weight is 553 g/mol. The lowest BCUT2D eigenvalue weighted by molar-refractivity contribution is 0.166. The molecule has 1 atom stereocenters. The van der Waals surface area contributed by atoms with Gasteiger partial charge in [-0.05, 0) is 49.1 Å². The molecule has 1 unspecified atom stereocenters. The fourth-order valence-electron chi connectivity index (χ4n) is 3.69. The van der Waals surface area contributed by atoms with Crippen LogP contribution in [-0.4, -0.2) is 46.2 Å². The molecule has 8 heteroatoms. The number of aryl methyl sites for hydroxylation is 1. The minimum Gasteiger partial charge on any atom is -0.493 e. The Bertz CT molecular complexity index is 916. The van der Waals surface area contributed by atoms with Crippen LogP contribution in [0.2, 0.25) is 0 Å². The molecule has 1 fully saturated rings. The zero-order chi connectivity index (χ0) is 21.5. The molecule has 0 aliphatic carbocycles. The molecule has 0 amide bonds. The minimum absolute atomic E-state index is 0. The number of nitrogens with zero attached hydrogens (tertiary/aromatic N) is 1. The van der Waals surface area contributed by atoms with E-state index >= 15 is 0 Å². The van der Waals surface area contributed by atoms with Crippen LogP contribution in [-0.2, 0) is 17.7 Å². The summed E-state index contributed by atoms with van der Waals surface area (Å²) in [7, 11) is 1.78. The van der Waals surface area contributed by atoms with Gasteiger partial charge in [-0.3, -0.25) is 4.99 Å². The van der Waals surface area contributed by atoms with Crippen LogP contribution in [0.25, 0.3) is 0 Å². The second-order valence-electron chi connectivity index (χ2n) is 7.94. The van der Waals surface area contributed by atoms with E-state index in [4.69, 9.17) is 18.9 Å². The summed E-state index contributed by atoms with van der Waals surface area (Å²) in [5, 5.41) is 6.76. The molecule has 174 valence electrons. The first-order valence-corrected chi connectivity index (χ1v) is 10.8. The molecule has 2 aromatic rings. The lowest BCUT2D eigenvalue weighted by Gasteiger charge is -2.17. The SMILES string of the molecule is CN=C(NCCc1ccc2c(c1)OCO2)NCc1ccc(C)cc1OCC1CCOC1.I. The summed E-state index contributed by atoms with van der Waals surface area (Å²) in [6, 6.07) is 12.4. The first-order valence-electron chi connectivity index (χ1n) is 10.8. The fraction of sp³-hybridized carbons (Fsp3) is 0.458. The smallest absolute Gasteiger partial charge is 0.231 e. The summed E-state index contributed by atoms with van der Waals surface area (Å²) < 4.78 is 22.4. The molecule has 4 rings (SSSR count). The Morgan fingerprint density at radius 1 is 1.12 bits per heavy atom. The van der Waals surface area contributed by atoms with E-state index in [0.29, 0.717) is 25.9 Å². The van der Waals surface area contributed by atoms with Crippen molar-refractivity contribution in [2.75, 3.05) is 40.2 Å². The molecule has 0 aromatic heterocycles. The first-order chi connectivity index (χ1) is 15.2. The van der Waals surface area contributed by atoms with Gasteiger partial charge in [0.25, 0.3) is 0 Å². The van der Waals surface area contributed by atoms with E-state index in [9.17, 15) is 0 Å². The van der Waals surface area contributed by atoms with E-state index in [0.717, 1.165) is 61.4 Å². The van der Waals surface area contributed by atoms with Gasteiger partial charge in [0, 0.05) is 38.2 Å². The Morgan fingerprint density at radius 2 is 2.00 bits per heavy atom. The molecule has 0 radical (unpaired) electrons. The predicted octanol–water partition coefficient (Wildman–Crippen LogP) is 3.66. The number of ether oxygens (including phenoxy) is 4. The summed E-state index contributed by atoms with van der Waals surface area (Å²) in [5.74, 6) is 3.79. The van der Waals surface area contributed by atoms with Crippen LogP contribution in [0.1, 0.15) is 23.1 Å². The standard InChI is InChI=1S/C24H31N3O4.HI/c1-17-3-5-20(22(11-17)29-15-19-8-10-28-14-19)13-27-24(25-2)26-9-7-18-4-6-21-23(12-18)31-16-30-21;/h3-6,11-12,19H,7-10,13-16H2,1-2H3,(H2,25,26,27);1H. The van der Waals surface area contributed by atoms with Crippen LogP contribution in [0.4, 0.5) is 0 Å². The van der Waals surface area contributed by atoms with Crippen LogP contribution >= 0.6 is 24.0 Å². The highest BCUT2D eigenvalue weighted by molar-refractivity contribution is 14.0. The van der Waals surface area contributed by atoms with Crippen LogP contribution in [0.15, 0.2) is 41.4 Å². The average Bonchev–Trinajstić information content (AvgIpc) is 3.47. The second kappa shape index (κ2) is 12.2. The maximum Gasteiger partial charge on any atom is 0.231 e. The van der Waals surface area contributed by atoms with E-state index in [2.05, 4.69) is 46.8 Å². The first kappa shape index (κ1) is 24.4. The Hall–Kier alpha value is -2.20. The Kier molecular flexibility index (Phi) is 9.28. The number of rotatable bonds is 8. The lowest BCUT2D eigenvalue weighted by atomic mass is 10.1. The van der Waals surface area contributed by atoms with E-state index in [-0.39, 0.29) is 24.0 Å². The van der Waals surface area contributed by atoms with Crippen molar-refractivity contribution in [2.45, 2.75) is 26.3 Å². The third-order valence-corrected chi connectivity index (χ3v) is 5.53. The topological polar surface area (TPSA) is 73.3 Å². The van der Waals surface area contributed by atoms with Gasteiger partial charge < -0.3 is 29.6 Å².